The van der Waals surface area contributed by atoms with E-state index in [4.69, 9.17) is 0 Å². The number of nitrogens with zero attached hydrogens (tertiary/aromatic N) is 1. The van der Waals surface area contributed by atoms with E-state index < -0.39 is 10.0 Å². The third-order valence-corrected chi connectivity index (χ3v) is 5.10. The van der Waals surface area contributed by atoms with Crippen molar-refractivity contribution >= 4 is 10.0 Å². The van der Waals surface area contributed by atoms with Gasteiger partial charge >= 0.3 is 0 Å². The van der Waals surface area contributed by atoms with Crippen molar-refractivity contribution in [3.05, 3.63) is 54.4 Å². The average Bonchev–Trinajstić information content (AvgIpc) is 3.00. The number of rotatable bonds is 3. The van der Waals surface area contributed by atoms with Gasteiger partial charge in [-0.15, -0.1) is 0 Å². The lowest BCUT2D eigenvalue weighted by Gasteiger charge is -2.23. The van der Waals surface area contributed by atoms with Crippen LogP contribution in [0.4, 0.5) is 0 Å². The van der Waals surface area contributed by atoms with Gasteiger partial charge in [-0.25, -0.2) is 12.4 Å². The molecule has 106 valence electrons. The molecular formula is C14H17N3O2S. The molecule has 0 amide bonds. The number of piperazine rings is 1. The molecule has 1 unspecified atom stereocenters. The molecule has 6 heteroatoms. The number of aromatic nitrogens is 1. The Labute approximate surface area is 118 Å². The summed E-state index contributed by atoms with van der Waals surface area (Å²) in [5.41, 5.74) is 0.983. The van der Waals surface area contributed by atoms with E-state index in [1.165, 1.54) is 3.97 Å². The highest BCUT2D eigenvalue weighted by molar-refractivity contribution is 7.90. The first kappa shape index (κ1) is 13.4. The fraction of sp³-hybridized carbons (Fsp3) is 0.286. The molecule has 0 radical (unpaired) electrons. The van der Waals surface area contributed by atoms with Crippen molar-refractivity contribution in [3.8, 4) is 0 Å². The first-order chi connectivity index (χ1) is 9.68. The van der Waals surface area contributed by atoms with Gasteiger partial charge in [0.1, 0.15) is 0 Å². The van der Waals surface area contributed by atoms with Gasteiger partial charge in [0.05, 0.1) is 4.90 Å². The molecule has 2 N–H and O–H groups in total. The van der Waals surface area contributed by atoms with E-state index in [1.807, 2.05) is 6.07 Å². The molecule has 0 bridgehead atoms. The predicted molar refractivity (Wildman–Crippen MR) is 77.1 cm³/mol. The van der Waals surface area contributed by atoms with Crippen molar-refractivity contribution in [1.29, 1.82) is 0 Å². The summed E-state index contributed by atoms with van der Waals surface area (Å²) in [6, 6.07) is 10.5. The highest BCUT2D eigenvalue weighted by Gasteiger charge is 2.20. The van der Waals surface area contributed by atoms with Gasteiger partial charge in [-0.2, -0.15) is 0 Å². The van der Waals surface area contributed by atoms with Gasteiger partial charge in [0.15, 0.2) is 0 Å². The summed E-state index contributed by atoms with van der Waals surface area (Å²) in [6.07, 6.45) is 3.29. The first-order valence-electron chi connectivity index (χ1n) is 6.60. The van der Waals surface area contributed by atoms with Crippen LogP contribution < -0.4 is 10.6 Å². The second-order valence-electron chi connectivity index (χ2n) is 4.80. The Morgan fingerprint density at radius 3 is 2.60 bits per heavy atom. The summed E-state index contributed by atoms with van der Waals surface area (Å²) < 4.78 is 26.2. The van der Waals surface area contributed by atoms with Crippen LogP contribution in [0.5, 0.6) is 0 Å². The zero-order valence-corrected chi connectivity index (χ0v) is 11.8. The van der Waals surface area contributed by atoms with Gasteiger partial charge in [-0.3, -0.25) is 0 Å². The highest BCUT2D eigenvalue weighted by Crippen LogP contribution is 2.19. The third-order valence-electron chi connectivity index (χ3n) is 3.45. The molecule has 1 aliphatic rings. The maximum atomic E-state index is 12.5. The van der Waals surface area contributed by atoms with Crippen LogP contribution in [0.25, 0.3) is 0 Å². The first-order valence-corrected chi connectivity index (χ1v) is 8.04. The molecule has 2 aromatic rings. The maximum Gasteiger partial charge on any atom is 0.267 e. The summed E-state index contributed by atoms with van der Waals surface area (Å²) in [5.74, 6) is 0. The van der Waals surface area contributed by atoms with Crippen molar-refractivity contribution in [2.45, 2.75) is 10.9 Å². The number of nitrogens with one attached hydrogen (secondary N) is 2. The molecule has 5 nitrogen and oxygen atoms in total. The topological polar surface area (TPSA) is 63.1 Å². The van der Waals surface area contributed by atoms with Crippen LogP contribution in [-0.2, 0) is 10.0 Å². The minimum atomic E-state index is -3.49. The summed E-state index contributed by atoms with van der Waals surface area (Å²) in [7, 11) is -3.49. The van der Waals surface area contributed by atoms with Gasteiger partial charge in [0.25, 0.3) is 10.0 Å². The second-order valence-corrected chi connectivity index (χ2v) is 6.65. The fourth-order valence-corrected chi connectivity index (χ4v) is 3.58. The van der Waals surface area contributed by atoms with Crippen molar-refractivity contribution < 1.29 is 8.42 Å². The van der Waals surface area contributed by atoms with E-state index in [1.54, 1.807) is 42.7 Å². The van der Waals surface area contributed by atoms with Gasteiger partial charge in [0.2, 0.25) is 0 Å². The molecule has 1 aliphatic heterocycles. The monoisotopic (exact) mass is 291 g/mol. The van der Waals surface area contributed by atoms with Crippen LogP contribution >= 0.6 is 0 Å². The number of benzene rings is 1. The molecule has 1 atom stereocenters. The Kier molecular flexibility index (Phi) is 3.60. The second kappa shape index (κ2) is 5.40. The van der Waals surface area contributed by atoms with Crippen LogP contribution in [0.3, 0.4) is 0 Å². The smallest absolute Gasteiger partial charge is 0.267 e. The minimum absolute atomic E-state index is 0.163. The average molecular weight is 291 g/mol. The Hall–Kier alpha value is -1.63. The quantitative estimate of drug-likeness (QED) is 0.884. The van der Waals surface area contributed by atoms with Crippen molar-refractivity contribution in [2.75, 3.05) is 19.6 Å². The molecule has 1 aromatic heterocycles. The molecule has 1 aromatic carbocycles. The number of hydrogen-bond acceptors (Lipinski definition) is 4. The van der Waals surface area contributed by atoms with Crippen molar-refractivity contribution in [2.24, 2.45) is 0 Å². The zero-order chi connectivity index (χ0) is 14.0. The lowest BCUT2D eigenvalue weighted by atomic mass is 10.1. The van der Waals surface area contributed by atoms with E-state index >= 15 is 0 Å². The number of hydrogen-bond donors (Lipinski definition) is 2. The predicted octanol–water partition coefficient (Wildman–Crippen LogP) is 0.959. The van der Waals surface area contributed by atoms with Crippen LogP contribution in [0.2, 0.25) is 0 Å². The standard InChI is InChI=1S/C14H17N3O2S/c18-20(19,13-4-2-1-3-5-13)17-9-6-12(11-17)14-10-15-7-8-16-14/h1-6,9,11,14-16H,7-8,10H2. The summed E-state index contributed by atoms with van der Waals surface area (Å²) in [6.45, 7) is 2.65. The van der Waals surface area contributed by atoms with Crippen LogP contribution in [0.15, 0.2) is 53.7 Å². The minimum Gasteiger partial charge on any atom is -0.314 e. The molecule has 20 heavy (non-hydrogen) atoms. The Bertz CT molecular complexity index is 673. The summed E-state index contributed by atoms with van der Waals surface area (Å²) in [5, 5.41) is 6.66. The van der Waals surface area contributed by atoms with E-state index in [9.17, 15) is 8.42 Å². The van der Waals surface area contributed by atoms with Gasteiger partial charge in [-0.05, 0) is 23.8 Å². The van der Waals surface area contributed by atoms with E-state index in [-0.39, 0.29) is 6.04 Å². The molecule has 0 aliphatic carbocycles. The summed E-state index contributed by atoms with van der Waals surface area (Å²) in [4.78, 5) is 0.303. The van der Waals surface area contributed by atoms with Crippen molar-refractivity contribution in [1.82, 2.24) is 14.6 Å². The lowest BCUT2D eigenvalue weighted by Crippen LogP contribution is -2.42. The van der Waals surface area contributed by atoms with Crippen LogP contribution in [-0.4, -0.2) is 32.0 Å². The normalized spacial score (nSPS) is 19.9. The third kappa shape index (κ3) is 2.49. The van der Waals surface area contributed by atoms with Crippen LogP contribution in [0.1, 0.15) is 11.6 Å². The molecular weight excluding hydrogens is 274 g/mol. The molecule has 3 rings (SSSR count). The Balaban J connectivity index is 1.90. The van der Waals surface area contributed by atoms with E-state index in [0.29, 0.717) is 4.90 Å². The highest BCUT2D eigenvalue weighted by atomic mass is 32.2. The van der Waals surface area contributed by atoms with E-state index in [2.05, 4.69) is 10.6 Å². The lowest BCUT2D eigenvalue weighted by molar-refractivity contribution is 0.430. The Morgan fingerprint density at radius 2 is 1.90 bits per heavy atom. The van der Waals surface area contributed by atoms with Crippen molar-refractivity contribution in [3.63, 3.8) is 0 Å². The zero-order valence-electron chi connectivity index (χ0n) is 11.0. The SMILES string of the molecule is O=S(=O)(c1ccccc1)n1ccc(C2CNCCN2)c1. The molecule has 0 spiro atoms. The Morgan fingerprint density at radius 1 is 1.10 bits per heavy atom. The maximum absolute atomic E-state index is 12.5. The molecule has 1 saturated heterocycles. The summed E-state index contributed by atoms with van der Waals surface area (Å²) >= 11 is 0. The molecule has 0 saturated carbocycles. The molecule has 2 heterocycles. The van der Waals surface area contributed by atoms with Crippen LogP contribution in [0, 0.1) is 0 Å². The molecule has 1 fully saturated rings. The van der Waals surface area contributed by atoms with E-state index in [0.717, 1.165) is 25.2 Å². The van der Waals surface area contributed by atoms with Gasteiger partial charge in [-0.1, -0.05) is 18.2 Å². The van der Waals surface area contributed by atoms with Gasteiger partial charge in [0, 0.05) is 38.1 Å². The largest absolute Gasteiger partial charge is 0.314 e. The van der Waals surface area contributed by atoms with Gasteiger partial charge < -0.3 is 10.6 Å². The fourth-order valence-electron chi connectivity index (χ4n) is 2.35.